The number of nitrogens with one attached hydrogen (secondary N) is 1. The molecule has 0 radical (unpaired) electrons. The summed E-state index contributed by atoms with van der Waals surface area (Å²) in [5, 5.41) is 10.1. The highest BCUT2D eigenvalue weighted by Crippen LogP contribution is 2.29. The molecule has 0 unspecified atom stereocenters. The van der Waals surface area contributed by atoms with Gasteiger partial charge in [-0.3, -0.25) is 4.90 Å². The number of aromatic nitrogens is 3. The lowest BCUT2D eigenvalue weighted by atomic mass is 10.2. The van der Waals surface area contributed by atoms with E-state index in [4.69, 9.17) is 0 Å². The Hall–Kier alpha value is -1.15. The molecule has 0 saturated carbocycles. The Morgan fingerprint density at radius 3 is 2.57 bits per heavy atom. The first-order valence-electron chi connectivity index (χ1n) is 7.38. The maximum absolute atomic E-state index is 12.7. The van der Waals surface area contributed by atoms with Crippen molar-refractivity contribution in [2.45, 2.75) is 44.9 Å². The van der Waals surface area contributed by atoms with Crippen LogP contribution in [0.4, 0.5) is 13.2 Å². The second kappa shape index (κ2) is 7.22. The average molecular weight is 305 g/mol. The van der Waals surface area contributed by atoms with Crippen molar-refractivity contribution in [3.63, 3.8) is 0 Å². The summed E-state index contributed by atoms with van der Waals surface area (Å²) in [6, 6.07) is 0. The van der Waals surface area contributed by atoms with Gasteiger partial charge in [0.2, 0.25) is 5.82 Å². The van der Waals surface area contributed by atoms with Crippen LogP contribution in [0.2, 0.25) is 0 Å². The van der Waals surface area contributed by atoms with Gasteiger partial charge in [0.05, 0.1) is 6.54 Å². The molecule has 1 aromatic heterocycles. The Labute approximate surface area is 122 Å². The SMILES string of the molecule is CNCCCCCCN1CCn2c(nnc2C(F)(F)F)C1. The van der Waals surface area contributed by atoms with Gasteiger partial charge in [-0.25, -0.2) is 0 Å². The van der Waals surface area contributed by atoms with Crippen LogP contribution in [0.3, 0.4) is 0 Å². The van der Waals surface area contributed by atoms with Gasteiger partial charge < -0.3 is 9.88 Å². The Morgan fingerprint density at radius 2 is 1.86 bits per heavy atom. The van der Waals surface area contributed by atoms with Gasteiger partial charge in [0.15, 0.2) is 0 Å². The van der Waals surface area contributed by atoms with Crippen LogP contribution in [0.15, 0.2) is 0 Å². The van der Waals surface area contributed by atoms with E-state index in [2.05, 4.69) is 20.4 Å². The van der Waals surface area contributed by atoms with Crippen molar-refractivity contribution >= 4 is 0 Å². The quantitative estimate of drug-likeness (QED) is 0.782. The minimum atomic E-state index is -4.42. The van der Waals surface area contributed by atoms with Crippen LogP contribution in [0.1, 0.15) is 37.3 Å². The Morgan fingerprint density at radius 1 is 1.10 bits per heavy atom. The molecule has 1 N–H and O–H groups in total. The fraction of sp³-hybridized carbons (Fsp3) is 0.846. The molecule has 0 atom stereocenters. The molecule has 1 aromatic rings. The number of unbranched alkanes of at least 4 members (excludes halogenated alkanes) is 3. The molecule has 1 aliphatic rings. The van der Waals surface area contributed by atoms with Gasteiger partial charge in [-0.1, -0.05) is 12.8 Å². The minimum absolute atomic E-state index is 0.316. The summed E-state index contributed by atoms with van der Waals surface area (Å²) >= 11 is 0. The molecule has 0 bridgehead atoms. The van der Waals surface area contributed by atoms with Crippen molar-refractivity contribution in [3.05, 3.63) is 11.6 Å². The van der Waals surface area contributed by atoms with E-state index >= 15 is 0 Å². The number of hydrogen-bond acceptors (Lipinski definition) is 4. The molecule has 0 aromatic carbocycles. The van der Waals surface area contributed by atoms with E-state index in [1.807, 2.05) is 7.05 Å². The summed E-state index contributed by atoms with van der Waals surface area (Å²) in [6.45, 7) is 3.35. The van der Waals surface area contributed by atoms with Crippen molar-refractivity contribution in [2.75, 3.05) is 26.7 Å². The number of fused-ring (bicyclic) bond motifs is 1. The molecule has 1 aliphatic heterocycles. The second-order valence-electron chi connectivity index (χ2n) is 5.38. The summed E-state index contributed by atoms with van der Waals surface area (Å²) in [5.41, 5.74) is 0. The maximum Gasteiger partial charge on any atom is 0.451 e. The van der Waals surface area contributed by atoms with E-state index in [0.29, 0.717) is 25.5 Å². The summed E-state index contributed by atoms with van der Waals surface area (Å²) in [6.07, 6.45) is 0.159. The van der Waals surface area contributed by atoms with Crippen molar-refractivity contribution in [3.8, 4) is 0 Å². The van der Waals surface area contributed by atoms with Crippen LogP contribution in [-0.4, -0.2) is 46.3 Å². The molecule has 0 saturated heterocycles. The van der Waals surface area contributed by atoms with Gasteiger partial charge >= 0.3 is 6.18 Å². The van der Waals surface area contributed by atoms with Crippen LogP contribution in [0.5, 0.6) is 0 Å². The fourth-order valence-electron chi connectivity index (χ4n) is 2.60. The molecule has 0 fully saturated rings. The predicted molar refractivity (Wildman–Crippen MR) is 72.7 cm³/mol. The van der Waals surface area contributed by atoms with Crippen molar-refractivity contribution in [1.29, 1.82) is 0 Å². The Balaban J connectivity index is 1.77. The van der Waals surface area contributed by atoms with Crippen LogP contribution >= 0.6 is 0 Å². The molecule has 5 nitrogen and oxygen atoms in total. The maximum atomic E-state index is 12.7. The molecule has 8 heteroatoms. The van der Waals surface area contributed by atoms with E-state index in [0.717, 1.165) is 25.9 Å². The highest BCUT2D eigenvalue weighted by molar-refractivity contribution is 5.02. The lowest BCUT2D eigenvalue weighted by Crippen LogP contribution is -2.35. The van der Waals surface area contributed by atoms with Crippen molar-refractivity contribution < 1.29 is 13.2 Å². The zero-order chi connectivity index (χ0) is 15.3. The predicted octanol–water partition coefficient (Wildman–Crippen LogP) is 1.89. The number of halogens is 3. The fourth-order valence-corrected chi connectivity index (χ4v) is 2.60. The first kappa shape index (κ1) is 16.2. The number of nitrogens with zero attached hydrogens (tertiary/aromatic N) is 4. The van der Waals surface area contributed by atoms with Gasteiger partial charge in [-0.15, -0.1) is 10.2 Å². The first-order valence-corrected chi connectivity index (χ1v) is 7.38. The zero-order valence-electron chi connectivity index (χ0n) is 12.3. The monoisotopic (exact) mass is 305 g/mol. The van der Waals surface area contributed by atoms with Crippen LogP contribution in [-0.2, 0) is 19.3 Å². The lowest BCUT2D eigenvalue weighted by Gasteiger charge is -2.27. The summed E-state index contributed by atoms with van der Waals surface area (Å²) in [4.78, 5) is 2.15. The van der Waals surface area contributed by atoms with Crippen LogP contribution < -0.4 is 5.32 Å². The standard InChI is InChI=1S/C13H22F3N5/c1-17-6-4-2-3-5-7-20-8-9-21-11(10-20)18-19-12(21)13(14,15)16/h17H,2-10H2,1H3. The van der Waals surface area contributed by atoms with Crippen LogP contribution in [0.25, 0.3) is 0 Å². The zero-order valence-corrected chi connectivity index (χ0v) is 12.3. The van der Waals surface area contributed by atoms with Gasteiger partial charge in [0.25, 0.3) is 0 Å². The summed E-state index contributed by atoms with van der Waals surface area (Å²) < 4.78 is 39.3. The van der Waals surface area contributed by atoms with Gasteiger partial charge in [-0.2, -0.15) is 13.2 Å². The van der Waals surface area contributed by atoms with Crippen molar-refractivity contribution in [1.82, 2.24) is 25.0 Å². The smallest absolute Gasteiger partial charge is 0.320 e. The van der Waals surface area contributed by atoms with E-state index in [-0.39, 0.29) is 0 Å². The Kier molecular flexibility index (Phi) is 5.58. The molecule has 2 rings (SSSR count). The van der Waals surface area contributed by atoms with Gasteiger partial charge in [-0.05, 0) is 33.0 Å². The van der Waals surface area contributed by atoms with E-state index in [1.165, 1.54) is 17.4 Å². The van der Waals surface area contributed by atoms with E-state index in [1.54, 1.807) is 0 Å². The third-order valence-corrected chi connectivity index (χ3v) is 3.74. The van der Waals surface area contributed by atoms with E-state index in [9.17, 15) is 13.2 Å². The van der Waals surface area contributed by atoms with E-state index < -0.39 is 12.0 Å². The van der Waals surface area contributed by atoms with Gasteiger partial charge in [0.1, 0.15) is 5.82 Å². The summed E-state index contributed by atoms with van der Waals surface area (Å²) in [7, 11) is 1.94. The normalized spacial score (nSPS) is 16.2. The average Bonchev–Trinajstić information content (AvgIpc) is 2.85. The minimum Gasteiger partial charge on any atom is -0.320 e. The molecular formula is C13H22F3N5. The third-order valence-electron chi connectivity index (χ3n) is 3.74. The molecule has 0 spiro atoms. The molecular weight excluding hydrogens is 283 g/mol. The lowest BCUT2D eigenvalue weighted by molar-refractivity contribution is -0.148. The first-order chi connectivity index (χ1) is 10.0. The molecule has 0 aliphatic carbocycles. The molecule has 21 heavy (non-hydrogen) atoms. The highest BCUT2D eigenvalue weighted by atomic mass is 19.4. The molecule has 2 heterocycles. The largest absolute Gasteiger partial charge is 0.451 e. The Bertz CT molecular complexity index is 444. The number of rotatable bonds is 7. The number of alkyl halides is 3. The topological polar surface area (TPSA) is 46.0 Å². The number of hydrogen-bond donors (Lipinski definition) is 1. The van der Waals surface area contributed by atoms with Gasteiger partial charge in [0, 0.05) is 13.1 Å². The molecule has 120 valence electrons. The summed E-state index contributed by atoms with van der Waals surface area (Å²) in [5.74, 6) is -0.451. The third kappa shape index (κ3) is 4.41. The second-order valence-corrected chi connectivity index (χ2v) is 5.38. The van der Waals surface area contributed by atoms with Crippen LogP contribution in [0, 0.1) is 0 Å². The molecule has 0 amide bonds. The highest BCUT2D eigenvalue weighted by Gasteiger charge is 2.39. The van der Waals surface area contributed by atoms with Crippen molar-refractivity contribution in [2.24, 2.45) is 0 Å².